The third-order valence-electron chi connectivity index (χ3n) is 4.16. The zero-order chi connectivity index (χ0) is 20.3. The van der Waals surface area contributed by atoms with E-state index in [1.165, 1.54) is 6.26 Å². The van der Waals surface area contributed by atoms with E-state index in [9.17, 15) is 9.59 Å². The largest absolute Gasteiger partial charge is 0.467 e. The summed E-state index contributed by atoms with van der Waals surface area (Å²) in [7, 11) is 0. The summed E-state index contributed by atoms with van der Waals surface area (Å²) in [5.41, 5.74) is 2.16. The quantitative estimate of drug-likeness (QED) is 0.577. The van der Waals surface area contributed by atoms with Crippen molar-refractivity contribution in [2.24, 2.45) is 0 Å². The second-order valence-electron chi connectivity index (χ2n) is 6.20. The third kappa shape index (κ3) is 4.33. The number of aromatic nitrogens is 4. The molecule has 2 N–H and O–H groups in total. The van der Waals surface area contributed by atoms with Gasteiger partial charge in [0.1, 0.15) is 12.3 Å². The first-order valence-corrected chi connectivity index (χ1v) is 9.55. The third-order valence-corrected chi connectivity index (χ3v) is 5.31. The number of amides is 2. The topological polar surface area (TPSA) is 107 Å². The van der Waals surface area contributed by atoms with E-state index in [1.807, 2.05) is 20.8 Å². The predicted octanol–water partition coefficient (Wildman–Crippen LogP) is 2.64. The standard InChI is InChI=1S/C18H21BrN6O3/c1-4-24-9-14(17(23-24)18(27)20-8-13-6-5-7-28-13)21-15(26)10-25-12(3)16(19)11(2)22-25/h5-7,9H,4,8,10H2,1-3H3,(H,20,27)(H,21,26). The van der Waals surface area contributed by atoms with Crippen LogP contribution in [0.2, 0.25) is 0 Å². The van der Waals surface area contributed by atoms with E-state index in [0.717, 1.165) is 15.9 Å². The van der Waals surface area contributed by atoms with Gasteiger partial charge in [-0.2, -0.15) is 10.2 Å². The number of carbonyl (C=O) groups is 2. The van der Waals surface area contributed by atoms with E-state index in [4.69, 9.17) is 4.42 Å². The van der Waals surface area contributed by atoms with Gasteiger partial charge in [-0.1, -0.05) is 0 Å². The van der Waals surface area contributed by atoms with Crippen LogP contribution in [0.1, 0.15) is 34.6 Å². The Morgan fingerprint density at radius 1 is 1.29 bits per heavy atom. The molecule has 0 aliphatic carbocycles. The highest BCUT2D eigenvalue weighted by atomic mass is 79.9. The molecule has 0 spiro atoms. The molecule has 0 unspecified atom stereocenters. The summed E-state index contributed by atoms with van der Waals surface area (Å²) in [4.78, 5) is 25.0. The van der Waals surface area contributed by atoms with Crippen molar-refractivity contribution in [3.8, 4) is 0 Å². The lowest BCUT2D eigenvalue weighted by atomic mass is 10.3. The van der Waals surface area contributed by atoms with Gasteiger partial charge in [-0.15, -0.1) is 0 Å². The number of furan rings is 1. The highest BCUT2D eigenvalue weighted by Crippen LogP contribution is 2.20. The normalized spacial score (nSPS) is 10.9. The summed E-state index contributed by atoms with van der Waals surface area (Å²) in [6.07, 6.45) is 3.17. The molecule has 0 saturated carbocycles. The molecule has 10 heteroatoms. The summed E-state index contributed by atoms with van der Waals surface area (Å²) in [5.74, 6) is -0.0643. The summed E-state index contributed by atoms with van der Waals surface area (Å²) in [6.45, 7) is 6.47. The van der Waals surface area contributed by atoms with E-state index in [2.05, 4.69) is 36.8 Å². The number of hydrogen-bond donors (Lipinski definition) is 2. The Morgan fingerprint density at radius 3 is 2.68 bits per heavy atom. The monoisotopic (exact) mass is 448 g/mol. The molecule has 0 atom stereocenters. The second-order valence-corrected chi connectivity index (χ2v) is 6.99. The van der Waals surface area contributed by atoms with Gasteiger partial charge in [0.15, 0.2) is 5.69 Å². The first-order chi connectivity index (χ1) is 13.4. The van der Waals surface area contributed by atoms with Crippen LogP contribution in [0.5, 0.6) is 0 Å². The van der Waals surface area contributed by atoms with Crippen LogP contribution in [-0.4, -0.2) is 31.4 Å². The molecule has 0 aliphatic heterocycles. The lowest BCUT2D eigenvalue weighted by molar-refractivity contribution is -0.116. The van der Waals surface area contributed by atoms with Crippen LogP contribution in [-0.2, 0) is 24.4 Å². The first kappa shape index (κ1) is 19.9. The van der Waals surface area contributed by atoms with Gasteiger partial charge >= 0.3 is 0 Å². The van der Waals surface area contributed by atoms with Crippen molar-refractivity contribution in [1.29, 1.82) is 0 Å². The molecular weight excluding hydrogens is 428 g/mol. The van der Waals surface area contributed by atoms with Crippen molar-refractivity contribution >= 4 is 33.4 Å². The molecule has 0 saturated heterocycles. The summed E-state index contributed by atoms with van der Waals surface area (Å²) >= 11 is 3.44. The maximum atomic E-state index is 12.5. The maximum absolute atomic E-state index is 12.5. The van der Waals surface area contributed by atoms with E-state index < -0.39 is 5.91 Å². The Hall–Kier alpha value is -2.88. The van der Waals surface area contributed by atoms with Crippen LogP contribution >= 0.6 is 15.9 Å². The van der Waals surface area contributed by atoms with Crippen LogP contribution in [0.25, 0.3) is 0 Å². The van der Waals surface area contributed by atoms with Gasteiger partial charge in [0.05, 0.1) is 34.4 Å². The zero-order valence-electron chi connectivity index (χ0n) is 15.8. The van der Waals surface area contributed by atoms with Gasteiger partial charge < -0.3 is 15.1 Å². The SMILES string of the molecule is CCn1cc(NC(=O)Cn2nc(C)c(Br)c2C)c(C(=O)NCc2ccco2)n1. The van der Waals surface area contributed by atoms with Crippen molar-refractivity contribution in [3.05, 3.63) is 51.9 Å². The maximum Gasteiger partial charge on any atom is 0.274 e. The summed E-state index contributed by atoms with van der Waals surface area (Å²) < 4.78 is 9.28. The van der Waals surface area contributed by atoms with Gasteiger partial charge in [0.25, 0.3) is 5.91 Å². The highest BCUT2D eigenvalue weighted by molar-refractivity contribution is 9.10. The van der Waals surface area contributed by atoms with Crippen LogP contribution in [0.4, 0.5) is 5.69 Å². The zero-order valence-corrected chi connectivity index (χ0v) is 17.4. The molecule has 0 aliphatic rings. The average Bonchev–Trinajstić information content (AvgIpc) is 3.38. The summed E-state index contributed by atoms with van der Waals surface area (Å²) in [6, 6.07) is 3.51. The van der Waals surface area contributed by atoms with E-state index in [0.29, 0.717) is 18.0 Å². The molecule has 3 rings (SSSR count). The molecule has 0 bridgehead atoms. The average molecular weight is 449 g/mol. The Morgan fingerprint density at radius 2 is 2.07 bits per heavy atom. The van der Waals surface area contributed by atoms with Crippen LogP contribution < -0.4 is 10.6 Å². The number of anilines is 1. The number of carbonyl (C=O) groups excluding carboxylic acids is 2. The van der Waals surface area contributed by atoms with E-state index >= 15 is 0 Å². The van der Waals surface area contributed by atoms with Gasteiger partial charge in [0, 0.05) is 12.7 Å². The lowest BCUT2D eigenvalue weighted by Gasteiger charge is -2.07. The Labute approximate surface area is 170 Å². The van der Waals surface area contributed by atoms with Gasteiger partial charge in [-0.05, 0) is 48.8 Å². The minimum atomic E-state index is -0.396. The molecule has 0 aromatic carbocycles. The fraction of sp³-hybridized carbons (Fsp3) is 0.333. The Balaban J connectivity index is 1.71. The molecule has 0 fully saturated rings. The molecule has 2 amide bonds. The van der Waals surface area contributed by atoms with Gasteiger partial charge in [0.2, 0.25) is 5.91 Å². The Bertz CT molecular complexity index is 990. The van der Waals surface area contributed by atoms with Crippen LogP contribution in [0, 0.1) is 13.8 Å². The van der Waals surface area contributed by atoms with Gasteiger partial charge in [-0.25, -0.2) is 0 Å². The second kappa shape index (κ2) is 8.42. The molecule has 9 nitrogen and oxygen atoms in total. The minimum Gasteiger partial charge on any atom is -0.467 e. The number of aryl methyl sites for hydroxylation is 2. The smallest absolute Gasteiger partial charge is 0.274 e. The fourth-order valence-electron chi connectivity index (χ4n) is 2.66. The number of halogens is 1. The van der Waals surface area contributed by atoms with E-state index in [1.54, 1.807) is 27.7 Å². The molecular formula is C18H21BrN6O3. The number of nitrogens with zero attached hydrogens (tertiary/aromatic N) is 4. The molecule has 3 heterocycles. The lowest BCUT2D eigenvalue weighted by Crippen LogP contribution is -2.26. The molecule has 3 aromatic heterocycles. The number of rotatable bonds is 7. The predicted molar refractivity (Wildman–Crippen MR) is 106 cm³/mol. The van der Waals surface area contributed by atoms with Crippen molar-refractivity contribution in [3.63, 3.8) is 0 Å². The van der Waals surface area contributed by atoms with Crippen LogP contribution in [0.15, 0.2) is 33.5 Å². The molecule has 28 heavy (non-hydrogen) atoms. The van der Waals surface area contributed by atoms with Crippen LogP contribution in [0.3, 0.4) is 0 Å². The summed E-state index contributed by atoms with van der Waals surface area (Å²) in [5, 5.41) is 14.1. The van der Waals surface area contributed by atoms with Crippen molar-refractivity contribution < 1.29 is 14.0 Å². The Kier molecular flexibility index (Phi) is 5.98. The minimum absolute atomic E-state index is 0.0308. The highest BCUT2D eigenvalue weighted by Gasteiger charge is 2.20. The first-order valence-electron chi connectivity index (χ1n) is 8.76. The molecule has 148 valence electrons. The van der Waals surface area contributed by atoms with Crippen molar-refractivity contribution in [1.82, 2.24) is 24.9 Å². The van der Waals surface area contributed by atoms with Gasteiger partial charge in [-0.3, -0.25) is 19.0 Å². The van der Waals surface area contributed by atoms with E-state index in [-0.39, 0.29) is 24.7 Å². The molecule has 0 radical (unpaired) electrons. The fourth-order valence-corrected chi connectivity index (χ4v) is 2.95. The number of hydrogen-bond acceptors (Lipinski definition) is 5. The number of nitrogens with one attached hydrogen (secondary N) is 2. The van der Waals surface area contributed by atoms with Crippen molar-refractivity contribution in [2.45, 2.75) is 40.4 Å². The molecule has 3 aromatic rings. The van der Waals surface area contributed by atoms with Crippen molar-refractivity contribution in [2.75, 3.05) is 5.32 Å².